The van der Waals surface area contributed by atoms with Crippen LogP contribution in [0, 0.1) is 11.3 Å². The van der Waals surface area contributed by atoms with E-state index in [0.29, 0.717) is 16.3 Å². The number of methoxy groups -OCH3 is 1. The predicted octanol–water partition coefficient (Wildman–Crippen LogP) is 2.46. The van der Waals surface area contributed by atoms with Gasteiger partial charge in [-0.15, -0.1) is 0 Å². The highest BCUT2D eigenvalue weighted by Crippen LogP contribution is 2.25. The molecule has 0 fully saturated rings. The lowest BCUT2D eigenvalue weighted by molar-refractivity contribution is -0.145. The quantitative estimate of drug-likeness (QED) is 0.481. The summed E-state index contributed by atoms with van der Waals surface area (Å²) in [6, 6.07) is 12.0. The molecule has 0 saturated heterocycles. The van der Waals surface area contributed by atoms with Crippen LogP contribution >= 0.6 is 11.6 Å². The normalized spacial score (nSPS) is 10.6. The highest BCUT2D eigenvalue weighted by molar-refractivity contribution is 6.31. The third kappa shape index (κ3) is 5.36. The van der Waals surface area contributed by atoms with E-state index in [1.54, 1.807) is 43.5 Å². The number of halogens is 1. The largest absolute Gasteiger partial charge is 0.496 e. The van der Waals surface area contributed by atoms with Crippen LogP contribution in [0.3, 0.4) is 0 Å². The van der Waals surface area contributed by atoms with Crippen molar-refractivity contribution in [1.29, 1.82) is 5.26 Å². The maximum atomic E-state index is 11.1. The van der Waals surface area contributed by atoms with E-state index in [4.69, 9.17) is 26.4 Å². The SMILES string of the molecule is COc1cccc(Cl)c1CNC(=Nc1cccc(C#N)n1)NOC(C)=O. The molecule has 2 N–H and O–H groups in total. The van der Waals surface area contributed by atoms with Crippen LogP contribution < -0.4 is 15.5 Å². The Morgan fingerprint density at radius 1 is 1.35 bits per heavy atom. The van der Waals surface area contributed by atoms with E-state index in [-0.39, 0.29) is 24.0 Å². The number of nitrogens with zero attached hydrogens (tertiary/aromatic N) is 3. The lowest BCUT2D eigenvalue weighted by Crippen LogP contribution is -2.37. The first-order valence-electron chi connectivity index (χ1n) is 7.48. The summed E-state index contributed by atoms with van der Waals surface area (Å²) in [5.41, 5.74) is 3.33. The second-order valence-electron chi connectivity index (χ2n) is 4.92. The predicted molar refractivity (Wildman–Crippen MR) is 95.8 cm³/mol. The average molecular weight is 374 g/mol. The molecule has 8 nitrogen and oxygen atoms in total. The summed E-state index contributed by atoms with van der Waals surface area (Å²) in [4.78, 5) is 24.1. The molecule has 0 aliphatic heterocycles. The van der Waals surface area contributed by atoms with Gasteiger partial charge in [-0.3, -0.25) is 4.79 Å². The molecular formula is C17H16ClN5O3. The summed E-state index contributed by atoms with van der Waals surface area (Å²) in [5.74, 6) is 0.428. The van der Waals surface area contributed by atoms with Gasteiger partial charge in [-0.1, -0.05) is 23.7 Å². The second-order valence-corrected chi connectivity index (χ2v) is 5.33. The van der Waals surface area contributed by atoms with Crippen molar-refractivity contribution in [3.8, 4) is 11.8 Å². The van der Waals surface area contributed by atoms with Gasteiger partial charge in [0, 0.05) is 24.1 Å². The molecule has 0 aliphatic rings. The van der Waals surface area contributed by atoms with Gasteiger partial charge in [0.1, 0.15) is 17.5 Å². The molecule has 1 aromatic carbocycles. The molecule has 0 radical (unpaired) electrons. The van der Waals surface area contributed by atoms with E-state index >= 15 is 0 Å². The van der Waals surface area contributed by atoms with Crippen LogP contribution in [0.1, 0.15) is 18.2 Å². The third-order valence-electron chi connectivity index (χ3n) is 3.10. The molecule has 0 aliphatic carbocycles. The smallest absolute Gasteiger partial charge is 0.329 e. The number of nitrogens with one attached hydrogen (secondary N) is 2. The summed E-state index contributed by atoms with van der Waals surface area (Å²) >= 11 is 6.20. The van der Waals surface area contributed by atoms with Crippen molar-refractivity contribution >= 4 is 29.3 Å². The van der Waals surface area contributed by atoms with Crippen molar-refractivity contribution in [2.45, 2.75) is 13.5 Å². The van der Waals surface area contributed by atoms with E-state index in [9.17, 15) is 4.79 Å². The Labute approximate surface area is 155 Å². The van der Waals surface area contributed by atoms with Crippen LogP contribution in [0.5, 0.6) is 5.75 Å². The lowest BCUT2D eigenvalue weighted by atomic mass is 10.2. The van der Waals surface area contributed by atoms with Gasteiger partial charge in [0.05, 0.1) is 7.11 Å². The Hall–Kier alpha value is -3.31. The first-order valence-corrected chi connectivity index (χ1v) is 7.85. The van der Waals surface area contributed by atoms with E-state index in [0.717, 1.165) is 0 Å². The van der Waals surface area contributed by atoms with Gasteiger partial charge in [0.15, 0.2) is 5.82 Å². The minimum atomic E-state index is -0.548. The summed E-state index contributed by atoms with van der Waals surface area (Å²) in [7, 11) is 1.54. The van der Waals surface area contributed by atoms with Crippen LogP contribution in [0.4, 0.5) is 5.82 Å². The molecule has 1 aromatic heterocycles. The Kier molecular flexibility index (Phi) is 6.76. The van der Waals surface area contributed by atoms with Crippen LogP contribution in [0.15, 0.2) is 41.4 Å². The Bertz CT molecular complexity index is 864. The first-order chi connectivity index (χ1) is 12.5. The van der Waals surface area contributed by atoms with Gasteiger partial charge in [0.2, 0.25) is 5.96 Å². The van der Waals surface area contributed by atoms with Gasteiger partial charge in [-0.05, 0) is 24.3 Å². The van der Waals surface area contributed by atoms with Crippen molar-refractivity contribution in [2.24, 2.45) is 4.99 Å². The lowest BCUT2D eigenvalue weighted by Gasteiger charge is -2.14. The summed E-state index contributed by atoms with van der Waals surface area (Å²) < 4.78 is 5.29. The van der Waals surface area contributed by atoms with Crippen LogP contribution in [-0.4, -0.2) is 24.0 Å². The molecule has 0 spiro atoms. The molecule has 26 heavy (non-hydrogen) atoms. The molecule has 2 rings (SSSR count). The van der Waals surface area contributed by atoms with Crippen molar-refractivity contribution < 1.29 is 14.4 Å². The zero-order valence-electron chi connectivity index (χ0n) is 14.1. The monoisotopic (exact) mass is 373 g/mol. The number of guanidine groups is 1. The molecular weight excluding hydrogens is 358 g/mol. The molecule has 1 heterocycles. The van der Waals surface area contributed by atoms with E-state index in [1.165, 1.54) is 6.92 Å². The number of aromatic nitrogens is 1. The number of rotatable bonds is 4. The van der Waals surface area contributed by atoms with Crippen LogP contribution in [0.25, 0.3) is 0 Å². The molecule has 0 saturated carbocycles. The number of nitriles is 1. The van der Waals surface area contributed by atoms with E-state index in [2.05, 4.69) is 20.8 Å². The van der Waals surface area contributed by atoms with Crippen LogP contribution in [0.2, 0.25) is 5.02 Å². The fourth-order valence-electron chi connectivity index (χ4n) is 1.95. The second kappa shape index (κ2) is 9.25. The van der Waals surface area contributed by atoms with Crippen molar-refractivity contribution in [3.05, 3.63) is 52.7 Å². The van der Waals surface area contributed by atoms with Crippen LogP contribution in [-0.2, 0) is 16.2 Å². The van der Waals surface area contributed by atoms with Crippen molar-refractivity contribution in [3.63, 3.8) is 0 Å². The minimum absolute atomic E-state index is 0.116. The molecule has 2 aromatic rings. The molecule has 0 unspecified atom stereocenters. The van der Waals surface area contributed by atoms with E-state index < -0.39 is 5.97 Å². The number of carbonyl (C=O) groups is 1. The molecule has 134 valence electrons. The fourth-order valence-corrected chi connectivity index (χ4v) is 2.19. The Morgan fingerprint density at radius 2 is 2.12 bits per heavy atom. The zero-order valence-corrected chi connectivity index (χ0v) is 14.9. The average Bonchev–Trinajstić information content (AvgIpc) is 2.64. The number of hydroxylamine groups is 1. The summed E-state index contributed by atoms with van der Waals surface area (Å²) in [6.07, 6.45) is 0. The highest BCUT2D eigenvalue weighted by atomic mass is 35.5. The molecule has 0 amide bonds. The molecule has 0 atom stereocenters. The van der Waals surface area contributed by atoms with E-state index in [1.807, 2.05) is 6.07 Å². The minimum Gasteiger partial charge on any atom is -0.496 e. The topological polar surface area (TPSA) is 109 Å². The summed E-state index contributed by atoms with van der Waals surface area (Å²) in [6.45, 7) is 1.49. The van der Waals surface area contributed by atoms with Gasteiger partial charge < -0.3 is 14.9 Å². The number of pyridine rings is 1. The fraction of sp³-hybridized carbons (Fsp3) is 0.176. The third-order valence-corrected chi connectivity index (χ3v) is 3.45. The maximum absolute atomic E-state index is 11.1. The van der Waals surface area contributed by atoms with Crippen molar-refractivity contribution in [1.82, 2.24) is 15.8 Å². The number of aliphatic imine (C=N–C) groups is 1. The summed E-state index contributed by atoms with van der Waals surface area (Å²) in [5, 5.41) is 12.4. The van der Waals surface area contributed by atoms with Gasteiger partial charge >= 0.3 is 5.97 Å². The number of hydrogen-bond donors (Lipinski definition) is 2. The van der Waals surface area contributed by atoms with Gasteiger partial charge in [0.25, 0.3) is 0 Å². The first kappa shape index (κ1) is 19.0. The standard InChI is InChI=1S/C17H16ClN5O3/c1-11(24)26-23-17(22-16-8-3-5-12(9-19)21-16)20-10-13-14(18)6-4-7-15(13)25-2/h3-8H,10H2,1-2H3,(H2,20,21,22,23). The number of carbonyl (C=O) groups excluding carboxylic acids is 1. The molecule has 9 heteroatoms. The number of ether oxygens (including phenoxy) is 1. The zero-order chi connectivity index (χ0) is 18.9. The van der Waals surface area contributed by atoms with Crippen molar-refractivity contribution in [2.75, 3.05) is 7.11 Å². The Balaban J connectivity index is 2.24. The van der Waals surface area contributed by atoms with Gasteiger partial charge in [-0.25, -0.2) is 4.98 Å². The van der Waals surface area contributed by atoms with Gasteiger partial charge in [-0.2, -0.15) is 15.7 Å². The number of hydrogen-bond acceptors (Lipinski definition) is 6. The highest BCUT2D eigenvalue weighted by Gasteiger charge is 2.10. The molecule has 0 bridgehead atoms. The Morgan fingerprint density at radius 3 is 2.81 bits per heavy atom. The number of benzene rings is 1. The maximum Gasteiger partial charge on any atom is 0.329 e.